The van der Waals surface area contributed by atoms with E-state index in [1.165, 1.54) is 0 Å². The highest BCUT2D eigenvalue weighted by Gasteiger charge is 2.44. The third kappa shape index (κ3) is 2.05. The molecule has 0 radical (unpaired) electrons. The van der Waals surface area contributed by atoms with Gasteiger partial charge in [-0.25, -0.2) is 0 Å². The van der Waals surface area contributed by atoms with Crippen LogP contribution in [0.25, 0.3) is 0 Å². The molecule has 2 atom stereocenters. The average Bonchev–Trinajstić information content (AvgIpc) is 2.40. The summed E-state index contributed by atoms with van der Waals surface area (Å²) in [5.41, 5.74) is -1.32. The average molecular weight is 242 g/mol. The van der Waals surface area contributed by atoms with E-state index in [0.29, 0.717) is 11.1 Å². The SMILES string of the molecule is C[C@](O)(c1ccccc1)[C@@](C)(O)c1ccccc1. The highest BCUT2D eigenvalue weighted by molar-refractivity contribution is 5.32. The van der Waals surface area contributed by atoms with Crippen molar-refractivity contribution in [1.29, 1.82) is 0 Å². The van der Waals surface area contributed by atoms with E-state index in [1.54, 1.807) is 13.8 Å². The Hall–Kier alpha value is -1.64. The second-order valence-corrected chi connectivity index (χ2v) is 4.88. The molecule has 2 rings (SSSR count). The molecule has 0 unspecified atom stereocenters. The smallest absolute Gasteiger partial charge is 0.119 e. The van der Waals surface area contributed by atoms with E-state index in [0.717, 1.165) is 0 Å². The molecule has 2 heteroatoms. The standard InChI is InChI=1S/C16H18O2/c1-15(17,13-9-5-3-6-10-13)16(2,18)14-11-7-4-8-12-14/h3-12,17-18H,1-2H3/t15-,16-/m0/s1. The van der Waals surface area contributed by atoms with Gasteiger partial charge in [0.15, 0.2) is 0 Å². The van der Waals surface area contributed by atoms with Crippen molar-refractivity contribution in [2.24, 2.45) is 0 Å². The van der Waals surface area contributed by atoms with Crippen LogP contribution < -0.4 is 0 Å². The fourth-order valence-electron chi connectivity index (χ4n) is 2.09. The van der Waals surface area contributed by atoms with Crippen molar-refractivity contribution in [3.05, 3.63) is 71.8 Å². The van der Waals surface area contributed by atoms with Crippen LogP contribution in [0, 0.1) is 0 Å². The summed E-state index contributed by atoms with van der Waals surface area (Å²) >= 11 is 0. The van der Waals surface area contributed by atoms with Gasteiger partial charge in [0.2, 0.25) is 0 Å². The summed E-state index contributed by atoms with van der Waals surface area (Å²) in [6.07, 6.45) is 0. The van der Waals surface area contributed by atoms with E-state index >= 15 is 0 Å². The van der Waals surface area contributed by atoms with Gasteiger partial charge in [0.1, 0.15) is 11.2 Å². The van der Waals surface area contributed by atoms with Crippen LogP contribution >= 0.6 is 0 Å². The Morgan fingerprint density at radius 3 is 1.17 bits per heavy atom. The first-order valence-electron chi connectivity index (χ1n) is 6.02. The number of benzene rings is 2. The predicted molar refractivity (Wildman–Crippen MR) is 72.0 cm³/mol. The molecule has 2 aromatic rings. The monoisotopic (exact) mass is 242 g/mol. The molecule has 0 spiro atoms. The Labute approximate surface area is 108 Å². The number of aliphatic hydroxyl groups is 2. The summed E-state index contributed by atoms with van der Waals surface area (Å²) in [4.78, 5) is 0. The first kappa shape index (κ1) is 12.8. The van der Waals surface area contributed by atoms with Gasteiger partial charge in [-0.05, 0) is 25.0 Å². The summed E-state index contributed by atoms with van der Waals surface area (Å²) in [5.74, 6) is 0. The quantitative estimate of drug-likeness (QED) is 0.869. The molecular formula is C16H18O2. The molecule has 0 bridgehead atoms. The normalized spacial score (nSPS) is 17.8. The topological polar surface area (TPSA) is 40.5 Å². The first-order valence-corrected chi connectivity index (χ1v) is 6.02. The van der Waals surface area contributed by atoms with Crippen LogP contribution in [0.2, 0.25) is 0 Å². The molecule has 0 aliphatic carbocycles. The molecular weight excluding hydrogens is 224 g/mol. The predicted octanol–water partition coefficient (Wildman–Crippen LogP) is 2.80. The zero-order chi connectivity index (χ0) is 13.2. The van der Waals surface area contributed by atoms with Crippen LogP contribution in [-0.4, -0.2) is 10.2 Å². The van der Waals surface area contributed by atoms with Gasteiger partial charge >= 0.3 is 0 Å². The summed E-state index contributed by atoms with van der Waals surface area (Å²) in [5, 5.41) is 21.4. The lowest BCUT2D eigenvalue weighted by Crippen LogP contribution is -2.45. The van der Waals surface area contributed by atoms with Gasteiger partial charge in [-0.3, -0.25) is 0 Å². The summed E-state index contributed by atoms with van der Waals surface area (Å²) in [6, 6.07) is 18.4. The molecule has 18 heavy (non-hydrogen) atoms. The van der Waals surface area contributed by atoms with Crippen LogP contribution in [0.1, 0.15) is 25.0 Å². The summed E-state index contributed by atoms with van der Waals surface area (Å²) in [6.45, 7) is 3.27. The minimum atomic E-state index is -1.35. The van der Waals surface area contributed by atoms with Crippen LogP contribution in [0.3, 0.4) is 0 Å². The van der Waals surface area contributed by atoms with E-state index < -0.39 is 11.2 Å². The lowest BCUT2D eigenvalue weighted by molar-refractivity contribution is -0.143. The Balaban J connectivity index is 2.47. The van der Waals surface area contributed by atoms with Crippen molar-refractivity contribution in [3.8, 4) is 0 Å². The lowest BCUT2D eigenvalue weighted by atomic mass is 9.76. The highest BCUT2D eigenvalue weighted by atomic mass is 16.4. The second kappa shape index (κ2) is 4.56. The van der Waals surface area contributed by atoms with Crippen molar-refractivity contribution in [2.75, 3.05) is 0 Å². The van der Waals surface area contributed by atoms with Gasteiger partial charge in [-0.1, -0.05) is 60.7 Å². The van der Waals surface area contributed by atoms with Gasteiger partial charge < -0.3 is 10.2 Å². The lowest BCUT2D eigenvalue weighted by Gasteiger charge is -2.39. The van der Waals surface area contributed by atoms with E-state index in [4.69, 9.17) is 0 Å². The zero-order valence-corrected chi connectivity index (χ0v) is 10.7. The molecule has 0 amide bonds. The fourth-order valence-corrected chi connectivity index (χ4v) is 2.09. The molecule has 0 aliphatic heterocycles. The Bertz CT molecular complexity index is 452. The first-order chi connectivity index (χ1) is 8.46. The van der Waals surface area contributed by atoms with Gasteiger partial charge in [-0.15, -0.1) is 0 Å². The molecule has 2 aromatic carbocycles. The zero-order valence-electron chi connectivity index (χ0n) is 10.7. The van der Waals surface area contributed by atoms with Crippen molar-refractivity contribution in [1.82, 2.24) is 0 Å². The molecule has 94 valence electrons. The molecule has 0 aliphatic rings. The highest BCUT2D eigenvalue weighted by Crippen LogP contribution is 2.39. The molecule has 0 saturated heterocycles. The molecule has 2 nitrogen and oxygen atoms in total. The summed E-state index contributed by atoms with van der Waals surface area (Å²) in [7, 11) is 0. The second-order valence-electron chi connectivity index (χ2n) is 4.88. The maximum Gasteiger partial charge on any atom is 0.119 e. The maximum atomic E-state index is 10.7. The van der Waals surface area contributed by atoms with Gasteiger partial charge in [0, 0.05) is 0 Å². The van der Waals surface area contributed by atoms with Crippen molar-refractivity contribution in [2.45, 2.75) is 25.0 Å². The van der Waals surface area contributed by atoms with Gasteiger partial charge in [-0.2, -0.15) is 0 Å². The third-order valence-corrected chi connectivity index (χ3v) is 3.62. The van der Waals surface area contributed by atoms with Gasteiger partial charge in [0.05, 0.1) is 0 Å². The van der Waals surface area contributed by atoms with Crippen LogP contribution in [0.5, 0.6) is 0 Å². The summed E-state index contributed by atoms with van der Waals surface area (Å²) < 4.78 is 0. The van der Waals surface area contributed by atoms with E-state index in [1.807, 2.05) is 60.7 Å². The van der Waals surface area contributed by atoms with Crippen LogP contribution in [0.4, 0.5) is 0 Å². The van der Waals surface area contributed by atoms with Crippen LogP contribution in [-0.2, 0) is 11.2 Å². The van der Waals surface area contributed by atoms with Gasteiger partial charge in [0.25, 0.3) is 0 Å². The third-order valence-electron chi connectivity index (χ3n) is 3.62. The molecule has 2 N–H and O–H groups in total. The molecule has 0 aromatic heterocycles. The van der Waals surface area contributed by atoms with Crippen LogP contribution in [0.15, 0.2) is 60.7 Å². The molecule has 0 fully saturated rings. The number of hydrogen-bond acceptors (Lipinski definition) is 2. The van der Waals surface area contributed by atoms with Crippen molar-refractivity contribution >= 4 is 0 Å². The van der Waals surface area contributed by atoms with Crippen molar-refractivity contribution in [3.63, 3.8) is 0 Å². The maximum absolute atomic E-state index is 10.7. The van der Waals surface area contributed by atoms with E-state index in [-0.39, 0.29) is 0 Å². The largest absolute Gasteiger partial charge is 0.382 e. The van der Waals surface area contributed by atoms with E-state index in [2.05, 4.69) is 0 Å². The minimum absolute atomic E-state index is 0.693. The molecule has 0 heterocycles. The van der Waals surface area contributed by atoms with E-state index in [9.17, 15) is 10.2 Å². The Morgan fingerprint density at radius 1 is 0.611 bits per heavy atom. The van der Waals surface area contributed by atoms with Crippen molar-refractivity contribution < 1.29 is 10.2 Å². The minimum Gasteiger partial charge on any atom is -0.382 e. The number of hydrogen-bond donors (Lipinski definition) is 2. The Kier molecular flexibility index (Phi) is 3.24. The fraction of sp³-hybridized carbons (Fsp3) is 0.250. The number of rotatable bonds is 3. The molecule has 0 saturated carbocycles. The Morgan fingerprint density at radius 2 is 0.889 bits per heavy atom.